The Morgan fingerprint density at radius 3 is 2.15 bits per heavy atom. The molecular formula is C10H22O3. The van der Waals surface area contributed by atoms with E-state index in [-0.39, 0.29) is 12.7 Å². The van der Waals surface area contributed by atoms with Gasteiger partial charge in [0.05, 0.1) is 12.7 Å². The zero-order valence-corrected chi connectivity index (χ0v) is 8.70. The third-order valence-corrected chi connectivity index (χ3v) is 1.69. The number of rotatable bonds is 6. The first kappa shape index (κ1) is 15.1. The van der Waals surface area contributed by atoms with Crippen molar-refractivity contribution >= 4 is 6.29 Å². The molecule has 0 bridgehead atoms. The van der Waals surface area contributed by atoms with E-state index in [9.17, 15) is 0 Å². The summed E-state index contributed by atoms with van der Waals surface area (Å²) >= 11 is 0. The van der Waals surface area contributed by atoms with Crippen LogP contribution in [0.1, 0.15) is 46.0 Å². The van der Waals surface area contributed by atoms with Gasteiger partial charge in [0, 0.05) is 0 Å². The van der Waals surface area contributed by atoms with Gasteiger partial charge in [0.1, 0.15) is 6.29 Å². The van der Waals surface area contributed by atoms with Crippen molar-refractivity contribution in [3.8, 4) is 0 Å². The number of hydrogen-bond acceptors (Lipinski definition) is 3. The maximum absolute atomic E-state index is 9.08. The molecule has 80 valence electrons. The van der Waals surface area contributed by atoms with Gasteiger partial charge in [-0.05, 0) is 12.8 Å². The van der Waals surface area contributed by atoms with E-state index < -0.39 is 0 Å². The van der Waals surface area contributed by atoms with Crippen molar-refractivity contribution in [1.29, 1.82) is 0 Å². The van der Waals surface area contributed by atoms with Gasteiger partial charge in [-0.2, -0.15) is 0 Å². The third-order valence-electron chi connectivity index (χ3n) is 1.69. The van der Waals surface area contributed by atoms with Crippen LogP contribution in [-0.4, -0.2) is 29.2 Å². The zero-order valence-electron chi connectivity index (χ0n) is 8.70. The number of unbranched alkanes of at least 4 members (excludes halogenated alkanes) is 2. The summed E-state index contributed by atoms with van der Waals surface area (Å²) in [7, 11) is 0. The summed E-state index contributed by atoms with van der Waals surface area (Å²) in [5, 5.41) is 16.6. The van der Waals surface area contributed by atoms with Crippen molar-refractivity contribution in [2.75, 3.05) is 6.61 Å². The number of aliphatic hydroxyl groups is 2. The molecule has 2 N–H and O–H groups in total. The van der Waals surface area contributed by atoms with E-state index in [0.717, 1.165) is 12.8 Å². The molecule has 0 saturated carbocycles. The van der Waals surface area contributed by atoms with E-state index in [4.69, 9.17) is 15.0 Å². The summed E-state index contributed by atoms with van der Waals surface area (Å²) in [5.41, 5.74) is 0. The van der Waals surface area contributed by atoms with E-state index in [1.165, 1.54) is 19.3 Å². The molecule has 0 heterocycles. The minimum Gasteiger partial charge on any atom is -0.393 e. The van der Waals surface area contributed by atoms with Crippen molar-refractivity contribution in [3.05, 3.63) is 0 Å². The Balaban J connectivity index is 0. The Hall–Kier alpha value is -0.410. The van der Waals surface area contributed by atoms with Gasteiger partial charge in [0.2, 0.25) is 0 Å². The molecule has 0 aliphatic rings. The number of hydrogen-bond donors (Lipinski definition) is 2. The first-order valence-corrected chi connectivity index (χ1v) is 4.95. The maximum atomic E-state index is 9.08. The van der Waals surface area contributed by atoms with Crippen LogP contribution in [0.25, 0.3) is 0 Å². The smallest absolute Gasteiger partial charge is 0.145 e. The molecule has 0 spiro atoms. The predicted molar refractivity (Wildman–Crippen MR) is 53.6 cm³/mol. The summed E-state index contributed by atoms with van der Waals surface area (Å²) in [6.07, 6.45) is 5.98. The van der Waals surface area contributed by atoms with Gasteiger partial charge in [0.15, 0.2) is 0 Å². The highest BCUT2D eigenvalue weighted by atomic mass is 16.3. The molecule has 13 heavy (non-hydrogen) atoms. The highest BCUT2D eigenvalue weighted by Gasteiger charge is 1.97. The lowest BCUT2D eigenvalue weighted by molar-refractivity contribution is -0.110. The molecule has 0 aliphatic heterocycles. The molecule has 0 rings (SSSR count). The number of aliphatic hydroxyl groups excluding tert-OH is 2. The highest BCUT2D eigenvalue weighted by molar-refractivity contribution is 5.49. The molecule has 0 aromatic carbocycles. The lowest BCUT2D eigenvalue weighted by Crippen LogP contribution is -2.02. The lowest BCUT2D eigenvalue weighted by atomic mass is 10.1. The van der Waals surface area contributed by atoms with Crippen LogP contribution in [0.2, 0.25) is 0 Å². The van der Waals surface area contributed by atoms with E-state index >= 15 is 0 Å². The van der Waals surface area contributed by atoms with Crippen LogP contribution in [0, 0.1) is 0 Å². The van der Waals surface area contributed by atoms with Crippen molar-refractivity contribution in [2.45, 2.75) is 52.1 Å². The molecule has 0 aromatic rings. The first-order valence-electron chi connectivity index (χ1n) is 4.95. The highest BCUT2D eigenvalue weighted by Crippen LogP contribution is 2.04. The van der Waals surface area contributed by atoms with Crippen molar-refractivity contribution < 1.29 is 15.0 Å². The largest absolute Gasteiger partial charge is 0.393 e. The van der Waals surface area contributed by atoms with Crippen LogP contribution in [-0.2, 0) is 4.79 Å². The quantitative estimate of drug-likeness (QED) is 0.493. The van der Waals surface area contributed by atoms with E-state index in [0.29, 0.717) is 6.29 Å². The summed E-state index contributed by atoms with van der Waals surface area (Å²) in [4.78, 5) is 8.92. The SMILES string of the molecule is CCCCCC(O)CC.O=CCO. The number of aldehydes is 1. The molecule has 0 aromatic heterocycles. The number of carbonyl (C=O) groups is 1. The van der Waals surface area contributed by atoms with Gasteiger partial charge in [0.25, 0.3) is 0 Å². The third kappa shape index (κ3) is 18.5. The van der Waals surface area contributed by atoms with E-state index in [1.807, 2.05) is 6.92 Å². The van der Waals surface area contributed by atoms with Crippen molar-refractivity contribution in [2.24, 2.45) is 0 Å². The van der Waals surface area contributed by atoms with Crippen LogP contribution < -0.4 is 0 Å². The molecular weight excluding hydrogens is 168 g/mol. The average Bonchev–Trinajstić information content (AvgIpc) is 2.18. The Labute approximate surface area is 80.8 Å². The van der Waals surface area contributed by atoms with Gasteiger partial charge >= 0.3 is 0 Å². The molecule has 0 radical (unpaired) electrons. The topological polar surface area (TPSA) is 57.5 Å². The minimum absolute atomic E-state index is 0.0449. The minimum atomic E-state index is -0.361. The average molecular weight is 190 g/mol. The normalized spacial score (nSPS) is 11.4. The summed E-state index contributed by atoms with van der Waals surface area (Å²) < 4.78 is 0. The van der Waals surface area contributed by atoms with Crippen LogP contribution in [0.15, 0.2) is 0 Å². The fourth-order valence-electron chi connectivity index (χ4n) is 0.834. The van der Waals surface area contributed by atoms with Crippen molar-refractivity contribution in [1.82, 2.24) is 0 Å². The fourth-order valence-corrected chi connectivity index (χ4v) is 0.834. The molecule has 1 atom stereocenters. The Morgan fingerprint density at radius 1 is 1.31 bits per heavy atom. The van der Waals surface area contributed by atoms with Crippen molar-refractivity contribution in [3.63, 3.8) is 0 Å². The fraction of sp³-hybridized carbons (Fsp3) is 0.900. The molecule has 3 heteroatoms. The second kappa shape index (κ2) is 14.1. The van der Waals surface area contributed by atoms with Crippen LogP contribution in [0.3, 0.4) is 0 Å². The summed E-state index contributed by atoms with van der Waals surface area (Å²) in [6, 6.07) is 0. The predicted octanol–water partition coefficient (Wildman–Crippen LogP) is 1.52. The molecule has 0 aliphatic carbocycles. The molecule has 1 unspecified atom stereocenters. The molecule has 0 saturated heterocycles. The Bertz CT molecular complexity index is 94.2. The van der Waals surface area contributed by atoms with E-state index in [1.54, 1.807) is 0 Å². The standard InChI is InChI=1S/C8H18O.C2H4O2/c1-3-5-6-7-8(9)4-2;3-1-2-4/h8-9H,3-7H2,1-2H3;1,4H,2H2. The van der Waals surface area contributed by atoms with Gasteiger partial charge in [-0.25, -0.2) is 0 Å². The summed E-state index contributed by atoms with van der Waals surface area (Å²) in [5.74, 6) is 0. The first-order chi connectivity index (χ1) is 6.22. The number of carbonyl (C=O) groups excluding carboxylic acids is 1. The monoisotopic (exact) mass is 190 g/mol. The Kier molecular flexibility index (Phi) is 16.4. The second-order valence-electron chi connectivity index (χ2n) is 2.91. The second-order valence-corrected chi connectivity index (χ2v) is 2.91. The molecule has 3 nitrogen and oxygen atoms in total. The van der Waals surface area contributed by atoms with Gasteiger partial charge in [-0.1, -0.05) is 33.1 Å². The van der Waals surface area contributed by atoms with Crippen LogP contribution >= 0.6 is 0 Å². The van der Waals surface area contributed by atoms with Gasteiger partial charge in [-0.15, -0.1) is 0 Å². The lowest BCUT2D eigenvalue weighted by Gasteiger charge is -2.04. The zero-order chi connectivity index (χ0) is 10.5. The molecule has 0 amide bonds. The van der Waals surface area contributed by atoms with Gasteiger partial charge in [-0.3, -0.25) is 0 Å². The van der Waals surface area contributed by atoms with Crippen LogP contribution in [0.4, 0.5) is 0 Å². The Morgan fingerprint density at radius 2 is 1.85 bits per heavy atom. The van der Waals surface area contributed by atoms with Gasteiger partial charge < -0.3 is 15.0 Å². The van der Waals surface area contributed by atoms with E-state index in [2.05, 4.69) is 6.92 Å². The molecule has 0 fully saturated rings. The summed E-state index contributed by atoms with van der Waals surface area (Å²) in [6.45, 7) is 3.84. The maximum Gasteiger partial charge on any atom is 0.145 e. The van der Waals surface area contributed by atoms with Crippen LogP contribution in [0.5, 0.6) is 0 Å².